The van der Waals surface area contributed by atoms with Crippen molar-refractivity contribution in [2.75, 3.05) is 13.2 Å². The summed E-state index contributed by atoms with van der Waals surface area (Å²) in [4.78, 5) is 13.1. The SMILES string of the molecule is CCCc1nnc2c(=O)n(Cc3cccc(F)c3)c(C3=CCOC3)cn12. The van der Waals surface area contributed by atoms with E-state index in [4.69, 9.17) is 4.74 Å². The topological polar surface area (TPSA) is 61.4 Å². The van der Waals surface area contributed by atoms with E-state index in [0.717, 1.165) is 29.9 Å². The second-order valence-corrected chi connectivity index (χ2v) is 6.34. The molecule has 0 atom stereocenters. The zero-order chi connectivity index (χ0) is 18.1. The maximum absolute atomic E-state index is 13.6. The average Bonchev–Trinajstić information content (AvgIpc) is 3.28. The minimum absolute atomic E-state index is 0.241. The molecule has 0 spiro atoms. The summed E-state index contributed by atoms with van der Waals surface area (Å²) in [6, 6.07) is 6.27. The molecule has 1 aromatic carbocycles. The van der Waals surface area contributed by atoms with E-state index < -0.39 is 0 Å². The van der Waals surface area contributed by atoms with E-state index in [2.05, 4.69) is 17.1 Å². The van der Waals surface area contributed by atoms with Gasteiger partial charge in [-0.05, 0) is 24.1 Å². The van der Waals surface area contributed by atoms with Gasteiger partial charge in [-0.1, -0.05) is 25.1 Å². The van der Waals surface area contributed by atoms with Crippen LogP contribution in [0.5, 0.6) is 0 Å². The number of benzene rings is 1. The molecule has 0 fully saturated rings. The summed E-state index contributed by atoms with van der Waals surface area (Å²) in [7, 11) is 0. The molecule has 0 saturated carbocycles. The number of ether oxygens (including phenoxy) is 1. The van der Waals surface area contributed by atoms with Gasteiger partial charge >= 0.3 is 0 Å². The molecule has 1 aliphatic rings. The van der Waals surface area contributed by atoms with Crippen LogP contribution in [0.1, 0.15) is 30.4 Å². The molecule has 0 radical (unpaired) electrons. The Morgan fingerprint density at radius 2 is 2.19 bits per heavy atom. The zero-order valence-corrected chi connectivity index (χ0v) is 14.5. The summed E-state index contributed by atoms with van der Waals surface area (Å²) < 4.78 is 22.4. The van der Waals surface area contributed by atoms with Crippen molar-refractivity contribution in [2.45, 2.75) is 26.3 Å². The Hall–Kier alpha value is -2.80. The maximum atomic E-state index is 13.6. The van der Waals surface area contributed by atoms with Gasteiger partial charge in [0.25, 0.3) is 5.56 Å². The number of hydrogen-bond donors (Lipinski definition) is 0. The van der Waals surface area contributed by atoms with Gasteiger partial charge in [-0.2, -0.15) is 0 Å². The fourth-order valence-electron chi connectivity index (χ4n) is 3.22. The monoisotopic (exact) mass is 354 g/mol. The first-order chi connectivity index (χ1) is 12.7. The summed E-state index contributed by atoms with van der Waals surface area (Å²) in [6.07, 6.45) is 5.51. The molecule has 0 bridgehead atoms. The molecule has 1 aliphatic heterocycles. The summed E-state index contributed by atoms with van der Waals surface area (Å²) in [6.45, 7) is 3.28. The zero-order valence-electron chi connectivity index (χ0n) is 14.5. The Morgan fingerprint density at radius 1 is 1.31 bits per heavy atom. The third kappa shape index (κ3) is 2.94. The molecule has 0 unspecified atom stereocenters. The van der Waals surface area contributed by atoms with Gasteiger partial charge in [-0.3, -0.25) is 13.8 Å². The lowest BCUT2D eigenvalue weighted by molar-refractivity contribution is 0.215. The molecule has 134 valence electrons. The predicted octanol–water partition coefficient (Wildman–Crippen LogP) is 2.44. The molecule has 7 heteroatoms. The molecule has 4 rings (SSSR count). The van der Waals surface area contributed by atoms with E-state index in [9.17, 15) is 9.18 Å². The first-order valence-corrected chi connectivity index (χ1v) is 8.66. The Balaban J connectivity index is 1.90. The molecule has 6 nitrogen and oxygen atoms in total. The third-order valence-electron chi connectivity index (χ3n) is 4.48. The fraction of sp³-hybridized carbons (Fsp3) is 0.316. The minimum Gasteiger partial charge on any atom is -0.373 e. The highest BCUT2D eigenvalue weighted by molar-refractivity contribution is 5.66. The molecule has 0 amide bonds. The molecule has 0 aliphatic carbocycles. The average molecular weight is 354 g/mol. The molecular weight excluding hydrogens is 335 g/mol. The van der Waals surface area contributed by atoms with Crippen molar-refractivity contribution in [1.82, 2.24) is 19.2 Å². The first kappa shape index (κ1) is 16.7. The molecule has 0 saturated heterocycles. The van der Waals surface area contributed by atoms with E-state index in [-0.39, 0.29) is 23.6 Å². The highest BCUT2D eigenvalue weighted by Crippen LogP contribution is 2.20. The fourth-order valence-corrected chi connectivity index (χ4v) is 3.22. The summed E-state index contributed by atoms with van der Waals surface area (Å²) in [5.41, 5.74) is 2.45. The van der Waals surface area contributed by atoms with Gasteiger partial charge in [0.2, 0.25) is 5.65 Å². The number of nitrogens with zero attached hydrogens (tertiary/aromatic N) is 4. The van der Waals surface area contributed by atoms with Crippen LogP contribution in [0.2, 0.25) is 0 Å². The van der Waals surface area contributed by atoms with Crippen molar-refractivity contribution in [1.29, 1.82) is 0 Å². The molecule has 3 aromatic rings. The maximum Gasteiger partial charge on any atom is 0.296 e. The largest absolute Gasteiger partial charge is 0.373 e. The van der Waals surface area contributed by atoms with Gasteiger partial charge in [0.1, 0.15) is 11.6 Å². The van der Waals surface area contributed by atoms with Crippen molar-refractivity contribution >= 4 is 11.2 Å². The number of aromatic nitrogens is 4. The van der Waals surface area contributed by atoms with E-state index in [1.165, 1.54) is 12.1 Å². The van der Waals surface area contributed by atoms with Gasteiger partial charge in [0.05, 0.1) is 25.5 Å². The summed E-state index contributed by atoms with van der Waals surface area (Å²) >= 11 is 0. The number of halogens is 1. The molecule has 26 heavy (non-hydrogen) atoms. The van der Waals surface area contributed by atoms with E-state index in [0.29, 0.717) is 18.8 Å². The Labute approximate surface area is 149 Å². The van der Waals surface area contributed by atoms with Crippen LogP contribution in [0.25, 0.3) is 11.2 Å². The van der Waals surface area contributed by atoms with Crippen LogP contribution in [-0.2, 0) is 17.7 Å². The van der Waals surface area contributed by atoms with Crippen LogP contribution in [0, 0.1) is 5.82 Å². The van der Waals surface area contributed by atoms with Crippen molar-refractivity contribution < 1.29 is 9.13 Å². The quantitative estimate of drug-likeness (QED) is 0.706. The predicted molar refractivity (Wildman–Crippen MR) is 95.5 cm³/mol. The van der Waals surface area contributed by atoms with E-state index >= 15 is 0 Å². The summed E-state index contributed by atoms with van der Waals surface area (Å²) in [5, 5.41) is 8.24. The Morgan fingerprint density at radius 3 is 2.92 bits per heavy atom. The van der Waals surface area contributed by atoms with Gasteiger partial charge in [0.15, 0.2) is 0 Å². The lowest BCUT2D eigenvalue weighted by Crippen LogP contribution is -2.27. The molecular formula is C19H19FN4O2. The highest BCUT2D eigenvalue weighted by atomic mass is 19.1. The number of fused-ring (bicyclic) bond motifs is 1. The first-order valence-electron chi connectivity index (χ1n) is 8.66. The van der Waals surface area contributed by atoms with Crippen LogP contribution in [0.3, 0.4) is 0 Å². The normalized spacial score (nSPS) is 14.2. The number of rotatable bonds is 5. The van der Waals surface area contributed by atoms with Gasteiger partial charge < -0.3 is 4.74 Å². The second kappa shape index (κ2) is 6.84. The van der Waals surface area contributed by atoms with Gasteiger partial charge in [-0.15, -0.1) is 10.2 Å². The third-order valence-corrected chi connectivity index (χ3v) is 4.48. The van der Waals surface area contributed by atoms with Crippen molar-refractivity contribution in [3.63, 3.8) is 0 Å². The van der Waals surface area contributed by atoms with Crippen molar-refractivity contribution in [3.05, 3.63) is 69.8 Å². The lowest BCUT2D eigenvalue weighted by Gasteiger charge is -2.14. The minimum atomic E-state index is -0.325. The van der Waals surface area contributed by atoms with E-state index in [1.807, 2.05) is 12.3 Å². The van der Waals surface area contributed by atoms with Gasteiger partial charge in [0, 0.05) is 18.2 Å². The van der Waals surface area contributed by atoms with Crippen LogP contribution in [0.4, 0.5) is 4.39 Å². The summed E-state index contributed by atoms with van der Waals surface area (Å²) in [5.74, 6) is 0.438. The van der Waals surface area contributed by atoms with Gasteiger partial charge in [-0.25, -0.2) is 4.39 Å². The van der Waals surface area contributed by atoms with E-state index in [1.54, 1.807) is 21.1 Å². The van der Waals surface area contributed by atoms with Crippen LogP contribution >= 0.6 is 0 Å². The van der Waals surface area contributed by atoms with Crippen LogP contribution in [0.15, 0.2) is 41.3 Å². The molecule has 3 heterocycles. The smallest absolute Gasteiger partial charge is 0.296 e. The number of hydrogen-bond acceptors (Lipinski definition) is 4. The molecule has 0 N–H and O–H groups in total. The second-order valence-electron chi connectivity index (χ2n) is 6.34. The lowest BCUT2D eigenvalue weighted by atomic mass is 10.1. The van der Waals surface area contributed by atoms with Crippen LogP contribution < -0.4 is 5.56 Å². The molecule has 2 aromatic heterocycles. The van der Waals surface area contributed by atoms with Crippen LogP contribution in [-0.4, -0.2) is 32.4 Å². The Bertz CT molecular complexity index is 1050. The van der Waals surface area contributed by atoms with Crippen molar-refractivity contribution in [2.24, 2.45) is 0 Å². The standard InChI is InChI=1S/C19H19FN4O2/c1-2-4-17-21-22-18-19(25)23(10-13-5-3-6-15(20)9-13)16(11-24(17)18)14-7-8-26-12-14/h3,5-7,9,11H,2,4,8,10,12H2,1H3. The highest BCUT2D eigenvalue weighted by Gasteiger charge is 2.19. The number of aryl methyl sites for hydroxylation is 1. The Kier molecular flexibility index (Phi) is 4.38. The van der Waals surface area contributed by atoms with Crippen molar-refractivity contribution in [3.8, 4) is 0 Å².